The maximum atomic E-state index is 9.13. The molecule has 0 amide bonds. The predicted octanol–water partition coefficient (Wildman–Crippen LogP) is 13.0. The molecule has 0 saturated heterocycles. The van der Waals surface area contributed by atoms with Crippen LogP contribution in [0.15, 0.2) is 188 Å². The molecule has 0 aliphatic carbocycles. The van der Waals surface area contributed by atoms with Gasteiger partial charge in [-0.3, -0.25) is 4.57 Å². The van der Waals surface area contributed by atoms with Gasteiger partial charge in [0, 0.05) is 57.9 Å². The fraction of sp³-hybridized carbons (Fsp3) is 0.100. The Hall–Kier alpha value is -7.11. The first-order valence-corrected chi connectivity index (χ1v) is 24.8. The van der Waals surface area contributed by atoms with Crippen molar-refractivity contribution in [2.24, 2.45) is 0 Å². The van der Waals surface area contributed by atoms with Gasteiger partial charge in [0.25, 0.3) is 6.33 Å². The number of rotatable bonds is 7. The van der Waals surface area contributed by atoms with Gasteiger partial charge in [0.1, 0.15) is 5.82 Å². The van der Waals surface area contributed by atoms with Crippen molar-refractivity contribution in [1.29, 1.82) is 0 Å². The third kappa shape index (κ3) is 7.01. The van der Waals surface area contributed by atoms with Crippen LogP contribution in [0.5, 0.6) is 11.5 Å². The number of para-hydroxylation sites is 3. The van der Waals surface area contributed by atoms with Crippen molar-refractivity contribution in [3.8, 4) is 62.1 Å². The van der Waals surface area contributed by atoms with Gasteiger partial charge in [-0.15, -0.1) is 34.8 Å². The first kappa shape index (κ1) is 32.5. The van der Waals surface area contributed by atoms with Crippen LogP contribution in [0.25, 0.3) is 83.4 Å². The Kier molecular flexibility index (Phi) is 7.94. The summed E-state index contributed by atoms with van der Waals surface area (Å²) in [5.74, 6) is 1.60. The molecule has 4 heterocycles. The van der Waals surface area contributed by atoms with E-state index in [0.717, 1.165) is 60.2 Å². The zero-order valence-electron chi connectivity index (χ0n) is 47.1. The van der Waals surface area contributed by atoms with Crippen molar-refractivity contribution in [2.75, 3.05) is 0 Å². The van der Waals surface area contributed by atoms with Crippen molar-refractivity contribution in [3.05, 3.63) is 212 Å². The number of imidazole rings is 1. The molecule has 1 aliphatic heterocycles. The van der Waals surface area contributed by atoms with E-state index >= 15 is 0 Å². The van der Waals surface area contributed by atoms with Gasteiger partial charge < -0.3 is 13.9 Å². The summed E-state index contributed by atoms with van der Waals surface area (Å²) >= 11 is 0. The van der Waals surface area contributed by atoms with Gasteiger partial charge >= 0.3 is 0 Å². The summed E-state index contributed by atoms with van der Waals surface area (Å²) in [6.07, 6.45) is 5.41. The van der Waals surface area contributed by atoms with E-state index in [2.05, 4.69) is 118 Å². The minimum atomic E-state index is -2.57. The van der Waals surface area contributed by atoms with Crippen molar-refractivity contribution in [3.63, 3.8) is 0 Å². The Morgan fingerprint density at radius 3 is 2.00 bits per heavy atom. The molecule has 0 spiro atoms. The molecule has 0 unspecified atom stereocenters. The quantitative estimate of drug-likeness (QED) is 0.0906. The minimum Gasteiger partial charge on any atom is -0.510 e. The molecular formula is C60H46N4OPtSi-2. The van der Waals surface area contributed by atoms with Crippen LogP contribution < -0.4 is 19.7 Å². The van der Waals surface area contributed by atoms with E-state index < -0.39 is 68.5 Å². The van der Waals surface area contributed by atoms with Crippen LogP contribution >= 0.6 is 0 Å². The third-order valence-electron chi connectivity index (χ3n) is 12.8. The molecular weight excluding hydrogens is 1020 g/mol. The first-order valence-electron chi connectivity index (χ1n) is 26.8. The van der Waals surface area contributed by atoms with Gasteiger partial charge in [0.05, 0.1) is 30.4 Å². The number of hydrogen-bond acceptors (Lipinski definition) is 2. The zero-order chi connectivity index (χ0) is 53.4. The summed E-state index contributed by atoms with van der Waals surface area (Å²) in [5, 5.41) is 4.10. The molecule has 67 heavy (non-hydrogen) atoms. The molecule has 0 radical (unpaired) electrons. The zero-order valence-corrected chi connectivity index (χ0v) is 40.4. The summed E-state index contributed by atoms with van der Waals surface area (Å²) in [5.41, 5.74) is 7.22. The average Bonchev–Trinajstić information content (AvgIpc) is 4.23. The van der Waals surface area contributed by atoms with Crippen LogP contribution in [0, 0.1) is 18.5 Å². The molecule has 0 atom stereocenters. The average molecular weight is 1070 g/mol. The van der Waals surface area contributed by atoms with Gasteiger partial charge in [0.2, 0.25) is 0 Å². The molecule has 8 aromatic carbocycles. The van der Waals surface area contributed by atoms with E-state index in [1.807, 2.05) is 53.2 Å². The second kappa shape index (κ2) is 16.3. The monoisotopic (exact) mass is 1070 g/mol. The van der Waals surface area contributed by atoms with Crippen molar-refractivity contribution in [1.82, 2.24) is 14.1 Å². The fourth-order valence-corrected chi connectivity index (χ4v) is 12.4. The normalized spacial score (nSPS) is 14.9. The summed E-state index contributed by atoms with van der Waals surface area (Å²) in [4.78, 5) is 4.96. The van der Waals surface area contributed by atoms with Crippen LogP contribution in [0.1, 0.15) is 40.0 Å². The number of hydrogen-bond donors (Lipinski definition) is 0. The van der Waals surface area contributed by atoms with E-state index in [0.29, 0.717) is 22.7 Å². The SMILES string of the molecule is [2H]c1c([2H])c([2H])c(-c2cccc(-c3c([2H])c([2H])c([2H])c([2H])c3[2H])c2-[n+]2[c-]n3c4c(cccc42)[Si](C)(C)c2ccc(Oc4[c-]c5c(cc4)c4cccc(-c6ccccc6)c4n5-c4cc(C(C)(C)C)ccn4)[c-]c2-3)c([2H])c1[2H].[Pt]. The molecule has 1 aliphatic rings. The molecule has 5 nitrogen and oxygen atoms in total. The fourth-order valence-electron chi connectivity index (χ4n) is 9.53. The molecule has 0 fully saturated rings. The molecule has 12 rings (SSSR count). The molecule has 3 aromatic heterocycles. The Balaban J connectivity index is 0.00000631. The predicted molar refractivity (Wildman–Crippen MR) is 272 cm³/mol. The summed E-state index contributed by atoms with van der Waals surface area (Å²) < 4.78 is 101. The maximum Gasteiger partial charge on any atom is 0.268 e. The van der Waals surface area contributed by atoms with Crippen molar-refractivity contribution in [2.45, 2.75) is 39.3 Å². The van der Waals surface area contributed by atoms with Gasteiger partial charge in [0.15, 0.2) is 0 Å². The Morgan fingerprint density at radius 2 is 1.28 bits per heavy atom. The molecule has 0 saturated carbocycles. The smallest absolute Gasteiger partial charge is 0.268 e. The van der Waals surface area contributed by atoms with Crippen LogP contribution in [0.2, 0.25) is 13.1 Å². The van der Waals surface area contributed by atoms with E-state index in [9.17, 15) is 0 Å². The summed E-state index contributed by atoms with van der Waals surface area (Å²) in [7, 11) is -2.57. The topological polar surface area (TPSA) is 35.9 Å². The largest absolute Gasteiger partial charge is 0.510 e. The molecule has 0 bridgehead atoms. The summed E-state index contributed by atoms with van der Waals surface area (Å²) in [6.45, 7) is 11.1. The standard InChI is InChI=1S/C60H46N4OSi.Pt/c1-60(2,3)43-34-35-61-56(36-43)64-52-37-44(30-32-49(52)50-27-16-26-48(58(50)64)42-22-13-8-14-23-42)65-45-31-33-54-53(38-45)63-39-62(51-28-17-29-55(59(51)63)66(54,4)5)57-46(40-18-9-6-10-19-40)24-15-25-47(57)41-20-11-7-12-21-41;/h6-36H,1-5H3;/q-2;/i6D,7D,9D,10D,11D,12D,18D,19D,20D,21D;. The molecule has 328 valence electrons. The van der Waals surface area contributed by atoms with Gasteiger partial charge in [-0.05, 0) is 62.0 Å². The number of ether oxygens (including phenoxy) is 1. The van der Waals surface area contributed by atoms with Gasteiger partial charge in [-0.2, -0.15) is 12.1 Å². The number of nitrogens with zero attached hydrogens (tertiary/aromatic N) is 4. The first-order chi connectivity index (χ1) is 36.3. The number of pyridine rings is 1. The minimum absolute atomic E-state index is 0. The van der Waals surface area contributed by atoms with E-state index in [1.165, 1.54) is 0 Å². The van der Waals surface area contributed by atoms with Gasteiger partial charge in [-0.25, -0.2) is 4.98 Å². The molecule has 0 N–H and O–H groups in total. The Bertz CT molecular complexity index is 4160. The van der Waals surface area contributed by atoms with Crippen LogP contribution in [-0.2, 0) is 26.5 Å². The summed E-state index contributed by atoms with van der Waals surface area (Å²) in [6, 6.07) is 41.6. The van der Waals surface area contributed by atoms with E-state index in [4.69, 9.17) is 23.4 Å². The molecule has 7 heteroatoms. The van der Waals surface area contributed by atoms with Gasteiger partial charge in [-0.1, -0.05) is 190 Å². The number of fused-ring (bicyclic) bond motifs is 5. The Morgan fingerprint density at radius 1 is 0.627 bits per heavy atom. The Labute approximate surface area is 420 Å². The van der Waals surface area contributed by atoms with E-state index in [-0.39, 0.29) is 54.4 Å². The van der Waals surface area contributed by atoms with Crippen LogP contribution in [0.4, 0.5) is 0 Å². The molecule has 11 aromatic rings. The van der Waals surface area contributed by atoms with Crippen LogP contribution in [0.3, 0.4) is 0 Å². The van der Waals surface area contributed by atoms with Crippen molar-refractivity contribution < 1.29 is 44.1 Å². The maximum absolute atomic E-state index is 9.13. The second-order valence-corrected chi connectivity index (χ2v) is 22.4. The number of aromatic nitrogens is 4. The number of benzene rings is 8. The van der Waals surface area contributed by atoms with E-state index in [1.54, 1.807) is 22.8 Å². The van der Waals surface area contributed by atoms with Crippen LogP contribution in [-0.4, -0.2) is 22.2 Å². The third-order valence-corrected chi connectivity index (χ3v) is 16.3. The van der Waals surface area contributed by atoms with Crippen molar-refractivity contribution >= 4 is 51.3 Å². The second-order valence-electron chi connectivity index (χ2n) is 18.1.